The molecule has 3 aromatic carbocycles. The van der Waals surface area contributed by atoms with Gasteiger partial charge in [-0.1, -0.05) is 42.2 Å². The number of hydrogen-bond donors (Lipinski definition) is 1. The van der Waals surface area contributed by atoms with Crippen molar-refractivity contribution in [2.45, 2.75) is 6.92 Å². The number of carbonyl (C=O) groups excluding carboxylic acids is 1. The Kier molecular flexibility index (Phi) is 6.18. The van der Waals surface area contributed by atoms with Crippen LogP contribution in [0.5, 0.6) is 5.75 Å². The molecule has 0 fully saturated rings. The minimum Gasteiger partial charge on any atom is -0.493 e. The Hall–Kier alpha value is -3.45. The molecule has 0 atom stereocenters. The van der Waals surface area contributed by atoms with Crippen LogP contribution in [0.3, 0.4) is 0 Å². The van der Waals surface area contributed by atoms with Gasteiger partial charge in [0.05, 0.1) is 18.7 Å². The van der Waals surface area contributed by atoms with Gasteiger partial charge < -0.3 is 15.0 Å². The number of hydrogen-bond acceptors (Lipinski definition) is 3. The van der Waals surface area contributed by atoms with E-state index in [1.807, 2.05) is 86.6 Å². The van der Waals surface area contributed by atoms with Crippen molar-refractivity contribution in [2.75, 3.05) is 32.1 Å². The smallest absolute Gasteiger partial charge is 0.256 e. The maximum absolute atomic E-state index is 12.8. The highest BCUT2D eigenvalue weighted by Gasteiger charge is 2.15. The Balaban J connectivity index is 1.74. The predicted molar refractivity (Wildman–Crippen MR) is 115 cm³/mol. The summed E-state index contributed by atoms with van der Waals surface area (Å²) in [4.78, 5) is 14.9. The maximum Gasteiger partial charge on any atom is 0.256 e. The molecule has 4 heteroatoms. The van der Waals surface area contributed by atoms with Crippen LogP contribution in [0.2, 0.25) is 0 Å². The molecule has 142 valence electrons. The standard InChI is InChI=1S/C24H24N2O2/c1-4-28-22-16-13-19-9-5-6-10-21(19)23(22)24(27)25-17-7-8-18-11-14-20(15-12-18)26(2)3/h5-6,9-16H,4,17H2,1-3H3,(H,25,27). The molecule has 4 nitrogen and oxygen atoms in total. The molecule has 0 aliphatic rings. The van der Waals surface area contributed by atoms with E-state index in [4.69, 9.17) is 4.74 Å². The molecule has 0 unspecified atom stereocenters. The van der Waals surface area contributed by atoms with Gasteiger partial charge in [0.25, 0.3) is 5.91 Å². The Bertz CT molecular complexity index is 1030. The van der Waals surface area contributed by atoms with Crippen LogP contribution in [0.15, 0.2) is 60.7 Å². The van der Waals surface area contributed by atoms with Gasteiger partial charge in [-0.05, 0) is 48.0 Å². The van der Waals surface area contributed by atoms with Crippen molar-refractivity contribution in [3.05, 3.63) is 71.8 Å². The van der Waals surface area contributed by atoms with Gasteiger partial charge in [0, 0.05) is 25.3 Å². The van der Waals surface area contributed by atoms with Crippen LogP contribution in [-0.4, -0.2) is 33.2 Å². The molecule has 0 heterocycles. The van der Waals surface area contributed by atoms with Crippen LogP contribution in [0.4, 0.5) is 5.69 Å². The van der Waals surface area contributed by atoms with Gasteiger partial charge in [0.2, 0.25) is 0 Å². The van der Waals surface area contributed by atoms with E-state index in [0.29, 0.717) is 17.9 Å². The normalized spacial score (nSPS) is 10.1. The molecule has 3 rings (SSSR count). The number of carbonyl (C=O) groups is 1. The monoisotopic (exact) mass is 372 g/mol. The summed E-state index contributed by atoms with van der Waals surface area (Å²) >= 11 is 0. The summed E-state index contributed by atoms with van der Waals surface area (Å²) in [6.07, 6.45) is 0. The quantitative estimate of drug-likeness (QED) is 0.686. The first-order chi connectivity index (χ1) is 13.6. The van der Waals surface area contributed by atoms with Crippen LogP contribution in [0.25, 0.3) is 10.8 Å². The van der Waals surface area contributed by atoms with E-state index in [-0.39, 0.29) is 12.5 Å². The Labute approximate surface area is 166 Å². The second-order valence-corrected chi connectivity index (χ2v) is 6.52. The van der Waals surface area contributed by atoms with Crippen molar-refractivity contribution in [2.24, 2.45) is 0 Å². The molecule has 0 saturated carbocycles. The average molecular weight is 372 g/mol. The number of amides is 1. The van der Waals surface area contributed by atoms with Crippen molar-refractivity contribution >= 4 is 22.4 Å². The minimum atomic E-state index is -0.183. The van der Waals surface area contributed by atoms with E-state index in [2.05, 4.69) is 17.2 Å². The number of nitrogens with zero attached hydrogens (tertiary/aromatic N) is 1. The van der Waals surface area contributed by atoms with Crippen LogP contribution < -0.4 is 15.0 Å². The first-order valence-electron chi connectivity index (χ1n) is 9.29. The molecule has 0 aliphatic carbocycles. The highest BCUT2D eigenvalue weighted by molar-refractivity contribution is 6.09. The fourth-order valence-corrected chi connectivity index (χ4v) is 2.96. The zero-order valence-corrected chi connectivity index (χ0v) is 16.5. The fourth-order valence-electron chi connectivity index (χ4n) is 2.96. The van der Waals surface area contributed by atoms with E-state index in [0.717, 1.165) is 22.0 Å². The minimum absolute atomic E-state index is 0.183. The van der Waals surface area contributed by atoms with Gasteiger partial charge in [0.15, 0.2) is 0 Å². The molecule has 1 N–H and O–H groups in total. The molecule has 0 bridgehead atoms. The summed E-state index contributed by atoms with van der Waals surface area (Å²) < 4.78 is 5.67. The third-order valence-corrected chi connectivity index (χ3v) is 4.37. The van der Waals surface area contributed by atoms with Crippen molar-refractivity contribution < 1.29 is 9.53 Å². The third kappa shape index (κ3) is 4.44. The lowest BCUT2D eigenvalue weighted by molar-refractivity contribution is 0.0956. The zero-order valence-electron chi connectivity index (χ0n) is 16.5. The van der Waals surface area contributed by atoms with Crippen molar-refractivity contribution in [1.82, 2.24) is 5.32 Å². The second-order valence-electron chi connectivity index (χ2n) is 6.52. The van der Waals surface area contributed by atoms with Crippen LogP contribution in [0.1, 0.15) is 22.8 Å². The van der Waals surface area contributed by atoms with E-state index in [1.54, 1.807) is 0 Å². The second kappa shape index (κ2) is 8.96. The molecule has 0 radical (unpaired) electrons. The lowest BCUT2D eigenvalue weighted by atomic mass is 10.0. The lowest BCUT2D eigenvalue weighted by Crippen LogP contribution is -2.24. The van der Waals surface area contributed by atoms with Crippen molar-refractivity contribution in [3.8, 4) is 17.6 Å². The number of nitrogens with one attached hydrogen (secondary N) is 1. The molecular weight excluding hydrogens is 348 g/mol. The topological polar surface area (TPSA) is 41.6 Å². The molecule has 0 aliphatic heterocycles. The molecule has 0 aromatic heterocycles. The van der Waals surface area contributed by atoms with Gasteiger partial charge >= 0.3 is 0 Å². The van der Waals surface area contributed by atoms with Crippen LogP contribution in [-0.2, 0) is 0 Å². The van der Waals surface area contributed by atoms with Gasteiger partial charge in [0.1, 0.15) is 5.75 Å². The Morgan fingerprint density at radius 2 is 1.79 bits per heavy atom. The van der Waals surface area contributed by atoms with Crippen LogP contribution >= 0.6 is 0 Å². The van der Waals surface area contributed by atoms with Gasteiger partial charge in [-0.25, -0.2) is 0 Å². The lowest BCUT2D eigenvalue weighted by Gasteiger charge is -2.12. The first kappa shape index (κ1) is 19.3. The van der Waals surface area contributed by atoms with Gasteiger partial charge in [-0.15, -0.1) is 0 Å². The van der Waals surface area contributed by atoms with E-state index in [1.165, 1.54) is 0 Å². The summed E-state index contributed by atoms with van der Waals surface area (Å²) in [5, 5.41) is 4.77. The van der Waals surface area contributed by atoms with Gasteiger partial charge in [-0.3, -0.25) is 4.79 Å². The summed E-state index contributed by atoms with van der Waals surface area (Å²) in [7, 11) is 4.00. The maximum atomic E-state index is 12.8. The third-order valence-electron chi connectivity index (χ3n) is 4.37. The van der Waals surface area contributed by atoms with E-state index >= 15 is 0 Å². The zero-order chi connectivity index (χ0) is 19.9. The summed E-state index contributed by atoms with van der Waals surface area (Å²) in [6, 6.07) is 19.6. The fraction of sp³-hybridized carbons (Fsp3) is 0.208. The molecule has 3 aromatic rings. The van der Waals surface area contributed by atoms with Crippen molar-refractivity contribution in [3.63, 3.8) is 0 Å². The molecule has 0 saturated heterocycles. The number of rotatable bonds is 5. The number of ether oxygens (including phenoxy) is 1. The largest absolute Gasteiger partial charge is 0.493 e. The summed E-state index contributed by atoms with van der Waals surface area (Å²) in [5.41, 5.74) is 2.59. The summed E-state index contributed by atoms with van der Waals surface area (Å²) in [6.45, 7) is 2.67. The van der Waals surface area contributed by atoms with Gasteiger partial charge in [-0.2, -0.15) is 0 Å². The molecular formula is C24H24N2O2. The Morgan fingerprint density at radius 1 is 1.04 bits per heavy atom. The molecule has 28 heavy (non-hydrogen) atoms. The molecule has 1 amide bonds. The van der Waals surface area contributed by atoms with E-state index in [9.17, 15) is 4.79 Å². The van der Waals surface area contributed by atoms with Crippen molar-refractivity contribution in [1.29, 1.82) is 0 Å². The highest BCUT2D eigenvalue weighted by atomic mass is 16.5. The summed E-state index contributed by atoms with van der Waals surface area (Å²) in [5.74, 6) is 6.50. The highest BCUT2D eigenvalue weighted by Crippen LogP contribution is 2.28. The number of benzene rings is 3. The predicted octanol–water partition coefficient (Wildman–Crippen LogP) is 4.09. The number of anilines is 1. The first-order valence-corrected chi connectivity index (χ1v) is 9.29. The van der Waals surface area contributed by atoms with Crippen LogP contribution in [0, 0.1) is 11.8 Å². The average Bonchev–Trinajstić information content (AvgIpc) is 2.71. The van der Waals surface area contributed by atoms with E-state index < -0.39 is 0 Å². The Morgan fingerprint density at radius 3 is 2.50 bits per heavy atom. The SMILES string of the molecule is CCOc1ccc2ccccc2c1C(=O)NCC#Cc1ccc(N(C)C)cc1. The molecule has 0 spiro atoms. The number of fused-ring (bicyclic) bond motifs is 1.